The molecule has 34 heavy (non-hydrogen) atoms. The molecule has 1 heterocycles. The van der Waals surface area contributed by atoms with Crippen LogP contribution in [0.4, 0.5) is 0 Å². The number of amides is 3. The van der Waals surface area contributed by atoms with Gasteiger partial charge < -0.3 is 36.9 Å². The zero-order valence-corrected chi connectivity index (χ0v) is 19.9. The number of imidazole rings is 1. The lowest BCUT2D eigenvalue weighted by molar-refractivity contribution is -0.142. The Labute approximate surface area is 202 Å². The van der Waals surface area contributed by atoms with Gasteiger partial charge in [0.1, 0.15) is 18.1 Å². The highest BCUT2D eigenvalue weighted by atomic mass is 32.1. The summed E-state index contributed by atoms with van der Waals surface area (Å²) in [4.78, 5) is 66.7. The molecule has 14 heteroatoms. The Morgan fingerprint density at radius 2 is 1.62 bits per heavy atom. The Kier molecular flexibility index (Phi) is 12.1. The fourth-order valence-corrected chi connectivity index (χ4v) is 3.20. The quantitative estimate of drug-likeness (QED) is 0.133. The van der Waals surface area contributed by atoms with Gasteiger partial charge in [0.25, 0.3) is 0 Å². The van der Waals surface area contributed by atoms with Crippen molar-refractivity contribution in [2.24, 2.45) is 11.7 Å². The summed E-state index contributed by atoms with van der Waals surface area (Å²) in [6.45, 7) is 3.65. The SMILES string of the molecule is CC(C)CC(NC(=O)C(CS)NC(=O)C(N)CCC(=O)O)C(=O)NC(Cc1cnc[nH]1)C(=O)O. The van der Waals surface area contributed by atoms with E-state index < -0.39 is 53.8 Å². The van der Waals surface area contributed by atoms with Crippen LogP contribution in [0.15, 0.2) is 12.5 Å². The molecule has 4 atom stereocenters. The van der Waals surface area contributed by atoms with Crippen LogP contribution < -0.4 is 21.7 Å². The number of aromatic nitrogens is 2. The summed E-state index contributed by atoms with van der Waals surface area (Å²) < 4.78 is 0. The van der Waals surface area contributed by atoms with Crippen LogP contribution >= 0.6 is 12.6 Å². The number of nitrogens with two attached hydrogens (primary N) is 1. The molecule has 3 amide bonds. The summed E-state index contributed by atoms with van der Waals surface area (Å²) in [6.07, 6.45) is 2.57. The summed E-state index contributed by atoms with van der Waals surface area (Å²) in [7, 11) is 0. The maximum absolute atomic E-state index is 12.9. The van der Waals surface area contributed by atoms with Crippen molar-refractivity contribution in [3.8, 4) is 0 Å². The minimum atomic E-state index is -1.26. The van der Waals surface area contributed by atoms with Gasteiger partial charge in [0.15, 0.2) is 0 Å². The predicted octanol–water partition coefficient (Wildman–Crippen LogP) is -1.34. The Morgan fingerprint density at radius 3 is 2.12 bits per heavy atom. The number of hydrogen-bond donors (Lipinski definition) is 8. The Morgan fingerprint density at radius 1 is 1.03 bits per heavy atom. The number of aromatic amines is 1. The van der Waals surface area contributed by atoms with Gasteiger partial charge in [-0.05, 0) is 18.8 Å². The third-order valence-corrected chi connectivity index (χ3v) is 5.12. The fourth-order valence-electron chi connectivity index (χ4n) is 2.95. The second-order valence-corrected chi connectivity index (χ2v) is 8.52. The van der Waals surface area contributed by atoms with Crippen LogP contribution in [-0.2, 0) is 30.4 Å². The molecule has 0 aromatic carbocycles. The van der Waals surface area contributed by atoms with Crippen LogP contribution in [-0.4, -0.2) is 79.8 Å². The number of H-pyrrole nitrogens is 1. The first-order valence-corrected chi connectivity index (χ1v) is 11.3. The lowest BCUT2D eigenvalue weighted by atomic mass is 10.0. The molecule has 8 N–H and O–H groups in total. The van der Waals surface area contributed by atoms with Crippen LogP contribution in [0, 0.1) is 5.92 Å². The molecule has 0 aliphatic heterocycles. The second-order valence-electron chi connectivity index (χ2n) is 8.15. The van der Waals surface area contributed by atoms with Crippen LogP contribution in [0.1, 0.15) is 38.8 Å². The molecule has 13 nitrogen and oxygen atoms in total. The molecule has 1 aromatic heterocycles. The van der Waals surface area contributed by atoms with Crippen LogP contribution in [0.2, 0.25) is 0 Å². The fraction of sp³-hybridized carbons (Fsp3) is 0.600. The van der Waals surface area contributed by atoms with E-state index in [-0.39, 0.29) is 37.4 Å². The molecule has 0 spiro atoms. The van der Waals surface area contributed by atoms with E-state index in [0.29, 0.717) is 5.69 Å². The molecule has 0 aliphatic carbocycles. The largest absolute Gasteiger partial charge is 0.481 e. The second kappa shape index (κ2) is 14.2. The van der Waals surface area contributed by atoms with Gasteiger partial charge >= 0.3 is 11.9 Å². The number of rotatable bonds is 15. The van der Waals surface area contributed by atoms with E-state index >= 15 is 0 Å². The first-order chi connectivity index (χ1) is 15.9. The lowest BCUT2D eigenvalue weighted by Gasteiger charge is -2.25. The number of aliphatic carboxylic acids is 2. The van der Waals surface area contributed by atoms with Crippen molar-refractivity contribution < 1.29 is 34.2 Å². The third kappa shape index (κ3) is 10.2. The number of carboxylic acid groups (broad SMARTS) is 2. The average molecular weight is 501 g/mol. The number of nitrogens with one attached hydrogen (secondary N) is 4. The van der Waals surface area contributed by atoms with E-state index in [9.17, 15) is 29.1 Å². The highest BCUT2D eigenvalue weighted by molar-refractivity contribution is 7.80. The summed E-state index contributed by atoms with van der Waals surface area (Å²) in [5, 5.41) is 25.5. The summed E-state index contributed by atoms with van der Waals surface area (Å²) in [5.41, 5.74) is 6.17. The normalized spacial score (nSPS) is 14.5. The lowest BCUT2D eigenvalue weighted by Crippen LogP contribution is -2.58. The Hall–Kier alpha value is -3.13. The summed E-state index contributed by atoms with van der Waals surface area (Å²) >= 11 is 4.06. The first kappa shape index (κ1) is 28.9. The van der Waals surface area contributed by atoms with Gasteiger partial charge in [-0.15, -0.1) is 0 Å². The highest BCUT2D eigenvalue weighted by Crippen LogP contribution is 2.08. The number of nitrogens with zero attached hydrogens (tertiary/aromatic N) is 1. The zero-order valence-electron chi connectivity index (χ0n) is 19.0. The van der Waals surface area contributed by atoms with Gasteiger partial charge in [0.2, 0.25) is 17.7 Å². The minimum Gasteiger partial charge on any atom is -0.481 e. The van der Waals surface area contributed by atoms with E-state index in [1.54, 1.807) is 0 Å². The molecule has 190 valence electrons. The topological polar surface area (TPSA) is 217 Å². The number of thiol groups is 1. The summed E-state index contributed by atoms with van der Waals surface area (Å²) in [6, 6.07) is -4.61. The molecule has 1 aromatic rings. The predicted molar refractivity (Wildman–Crippen MR) is 124 cm³/mol. The van der Waals surface area contributed by atoms with Crippen molar-refractivity contribution in [1.82, 2.24) is 25.9 Å². The van der Waals surface area contributed by atoms with E-state index in [4.69, 9.17) is 10.8 Å². The molecule has 0 radical (unpaired) electrons. The molecule has 0 saturated carbocycles. The number of hydrogen-bond acceptors (Lipinski definition) is 8. The first-order valence-electron chi connectivity index (χ1n) is 10.6. The smallest absolute Gasteiger partial charge is 0.326 e. The highest BCUT2D eigenvalue weighted by Gasteiger charge is 2.30. The molecular weight excluding hydrogens is 468 g/mol. The van der Waals surface area contributed by atoms with Gasteiger partial charge in [-0.25, -0.2) is 9.78 Å². The molecule has 1 rings (SSSR count). The zero-order chi connectivity index (χ0) is 25.8. The molecule has 0 aliphatic rings. The Balaban J connectivity index is 2.84. The molecular formula is C20H32N6O7S. The maximum Gasteiger partial charge on any atom is 0.326 e. The summed E-state index contributed by atoms with van der Waals surface area (Å²) in [5.74, 6) is -4.65. The third-order valence-electron chi connectivity index (χ3n) is 4.76. The van der Waals surface area contributed by atoms with Crippen LogP contribution in [0.25, 0.3) is 0 Å². The van der Waals surface area contributed by atoms with Crippen molar-refractivity contribution in [3.05, 3.63) is 18.2 Å². The van der Waals surface area contributed by atoms with Gasteiger partial charge in [-0.1, -0.05) is 13.8 Å². The Bertz CT molecular complexity index is 848. The molecule has 4 unspecified atom stereocenters. The van der Waals surface area contributed by atoms with Gasteiger partial charge in [0, 0.05) is 30.5 Å². The van der Waals surface area contributed by atoms with Crippen molar-refractivity contribution in [3.63, 3.8) is 0 Å². The number of carbonyl (C=O) groups excluding carboxylic acids is 3. The van der Waals surface area contributed by atoms with Crippen molar-refractivity contribution in [2.75, 3.05) is 5.75 Å². The van der Waals surface area contributed by atoms with Crippen molar-refractivity contribution >= 4 is 42.3 Å². The van der Waals surface area contributed by atoms with Gasteiger partial charge in [-0.3, -0.25) is 19.2 Å². The van der Waals surface area contributed by atoms with Gasteiger partial charge in [0.05, 0.1) is 12.4 Å². The standard InChI is InChI=1S/C20H32N6O7S/c1-10(2)5-13(18(30)25-14(20(32)33)6-11-7-22-9-23-11)24-19(31)15(8-34)26-17(29)12(21)3-4-16(27)28/h7,9-10,12-15,34H,3-6,8,21H2,1-2H3,(H,22,23)(H,24,31)(H,25,30)(H,26,29)(H,27,28)(H,32,33). The van der Waals surface area contributed by atoms with E-state index in [1.165, 1.54) is 12.5 Å². The van der Waals surface area contributed by atoms with Crippen molar-refractivity contribution in [2.45, 2.75) is 63.7 Å². The number of carboxylic acids is 2. The molecule has 0 bridgehead atoms. The van der Waals surface area contributed by atoms with E-state index in [0.717, 1.165) is 0 Å². The van der Waals surface area contributed by atoms with Crippen molar-refractivity contribution in [1.29, 1.82) is 0 Å². The average Bonchev–Trinajstić information content (AvgIpc) is 3.27. The maximum atomic E-state index is 12.9. The number of carbonyl (C=O) groups is 5. The van der Waals surface area contributed by atoms with E-state index in [2.05, 4.69) is 38.5 Å². The minimum absolute atomic E-state index is 0.0274. The van der Waals surface area contributed by atoms with Gasteiger partial charge in [-0.2, -0.15) is 12.6 Å². The monoisotopic (exact) mass is 500 g/mol. The van der Waals surface area contributed by atoms with Crippen LogP contribution in [0.3, 0.4) is 0 Å². The van der Waals surface area contributed by atoms with E-state index in [1.807, 2.05) is 13.8 Å². The molecule has 0 fully saturated rings. The van der Waals surface area contributed by atoms with Crippen LogP contribution in [0.5, 0.6) is 0 Å². The molecule has 0 saturated heterocycles.